The van der Waals surface area contributed by atoms with Gasteiger partial charge in [-0.05, 0) is 32.9 Å². The van der Waals surface area contributed by atoms with Crippen LogP contribution in [0, 0.1) is 12.3 Å². The van der Waals surface area contributed by atoms with E-state index in [1.165, 1.54) is 0 Å². The first kappa shape index (κ1) is 12.5. The fraction of sp³-hybridized carbons (Fsp3) is 0.500. The molecule has 0 saturated carbocycles. The normalized spacial score (nSPS) is 11.0. The largest absolute Gasteiger partial charge is 0.384 e. The number of rotatable bonds is 4. The lowest BCUT2D eigenvalue weighted by molar-refractivity contribution is -0.128. The quantitative estimate of drug-likeness (QED) is 0.811. The number of carbonyl (C=O) groups is 1. The number of aromatic nitrogens is 1. The van der Waals surface area contributed by atoms with Gasteiger partial charge in [0.25, 0.3) is 0 Å². The molecule has 88 valence electrons. The molecule has 0 aromatic carbocycles. The van der Waals surface area contributed by atoms with Crippen molar-refractivity contribution in [3.8, 4) is 0 Å². The molecule has 4 nitrogen and oxygen atoms in total. The standard InChI is InChI=1S/C12H19N3O/c1-9-7-10(5-6-14-9)15-8-12(2,3)11(16)13-4/h5-7H,8H2,1-4H3,(H,13,16)(H,14,15). The van der Waals surface area contributed by atoms with Gasteiger partial charge in [-0.25, -0.2) is 0 Å². The summed E-state index contributed by atoms with van der Waals surface area (Å²) in [6.45, 7) is 6.35. The van der Waals surface area contributed by atoms with E-state index in [1.807, 2.05) is 32.9 Å². The number of carbonyl (C=O) groups excluding carboxylic acids is 1. The summed E-state index contributed by atoms with van der Waals surface area (Å²) in [6, 6.07) is 3.85. The Morgan fingerprint density at radius 1 is 1.50 bits per heavy atom. The maximum atomic E-state index is 11.6. The van der Waals surface area contributed by atoms with Gasteiger partial charge in [-0.2, -0.15) is 0 Å². The first-order chi connectivity index (χ1) is 7.45. The van der Waals surface area contributed by atoms with Gasteiger partial charge in [0.15, 0.2) is 0 Å². The third-order valence-electron chi connectivity index (χ3n) is 2.47. The smallest absolute Gasteiger partial charge is 0.227 e. The number of amides is 1. The van der Waals surface area contributed by atoms with Gasteiger partial charge in [0.2, 0.25) is 5.91 Å². The van der Waals surface area contributed by atoms with Crippen LogP contribution in [0.2, 0.25) is 0 Å². The van der Waals surface area contributed by atoms with Gasteiger partial charge in [0.05, 0.1) is 5.41 Å². The van der Waals surface area contributed by atoms with Crippen molar-refractivity contribution in [1.29, 1.82) is 0 Å². The predicted octanol–water partition coefficient (Wildman–Crippen LogP) is 1.57. The minimum absolute atomic E-state index is 0.0331. The summed E-state index contributed by atoms with van der Waals surface area (Å²) in [5.74, 6) is 0.0331. The molecule has 1 aromatic heterocycles. The van der Waals surface area contributed by atoms with Crippen LogP contribution in [-0.4, -0.2) is 24.5 Å². The SMILES string of the molecule is CNC(=O)C(C)(C)CNc1ccnc(C)c1. The maximum absolute atomic E-state index is 11.6. The third kappa shape index (κ3) is 3.22. The summed E-state index contributed by atoms with van der Waals surface area (Å²) in [4.78, 5) is 15.7. The third-order valence-corrected chi connectivity index (χ3v) is 2.47. The maximum Gasteiger partial charge on any atom is 0.227 e. The molecule has 4 heteroatoms. The van der Waals surface area contributed by atoms with Crippen molar-refractivity contribution in [3.63, 3.8) is 0 Å². The molecule has 1 heterocycles. The highest BCUT2D eigenvalue weighted by Crippen LogP contribution is 2.17. The average molecular weight is 221 g/mol. The molecule has 0 fully saturated rings. The van der Waals surface area contributed by atoms with Crippen LogP contribution < -0.4 is 10.6 Å². The summed E-state index contributed by atoms with van der Waals surface area (Å²) in [5, 5.41) is 5.90. The lowest BCUT2D eigenvalue weighted by atomic mass is 9.92. The van der Waals surface area contributed by atoms with E-state index >= 15 is 0 Å². The summed E-state index contributed by atoms with van der Waals surface area (Å²) >= 11 is 0. The van der Waals surface area contributed by atoms with Crippen molar-refractivity contribution in [2.45, 2.75) is 20.8 Å². The minimum Gasteiger partial charge on any atom is -0.384 e. The molecule has 1 amide bonds. The molecule has 0 radical (unpaired) electrons. The van der Waals surface area contributed by atoms with E-state index in [2.05, 4.69) is 15.6 Å². The molecular formula is C12H19N3O. The Morgan fingerprint density at radius 3 is 2.75 bits per heavy atom. The van der Waals surface area contributed by atoms with E-state index in [4.69, 9.17) is 0 Å². The van der Waals surface area contributed by atoms with Gasteiger partial charge in [-0.1, -0.05) is 0 Å². The van der Waals surface area contributed by atoms with Crippen LogP contribution in [0.15, 0.2) is 18.3 Å². The number of hydrogen-bond donors (Lipinski definition) is 2. The number of anilines is 1. The van der Waals surface area contributed by atoms with E-state index < -0.39 is 5.41 Å². The molecule has 1 rings (SSSR count). The Labute approximate surface area is 96.5 Å². The van der Waals surface area contributed by atoms with Crippen LogP contribution in [0.5, 0.6) is 0 Å². The summed E-state index contributed by atoms with van der Waals surface area (Å²) in [7, 11) is 1.65. The van der Waals surface area contributed by atoms with Gasteiger partial charge in [0, 0.05) is 31.2 Å². The lowest BCUT2D eigenvalue weighted by Gasteiger charge is -2.23. The number of nitrogens with one attached hydrogen (secondary N) is 2. The van der Waals surface area contributed by atoms with Crippen molar-refractivity contribution in [3.05, 3.63) is 24.0 Å². The van der Waals surface area contributed by atoms with Gasteiger partial charge in [0.1, 0.15) is 0 Å². The molecule has 0 aliphatic rings. The van der Waals surface area contributed by atoms with E-state index in [0.29, 0.717) is 6.54 Å². The fourth-order valence-electron chi connectivity index (χ4n) is 1.40. The van der Waals surface area contributed by atoms with Crippen LogP contribution in [0.3, 0.4) is 0 Å². The zero-order chi connectivity index (χ0) is 12.2. The Hall–Kier alpha value is -1.58. The minimum atomic E-state index is -0.425. The van der Waals surface area contributed by atoms with Crippen LogP contribution in [0.1, 0.15) is 19.5 Å². The Morgan fingerprint density at radius 2 is 2.19 bits per heavy atom. The van der Waals surface area contributed by atoms with Crippen molar-refractivity contribution in [2.75, 3.05) is 18.9 Å². The summed E-state index contributed by atoms with van der Waals surface area (Å²) < 4.78 is 0. The molecule has 0 aliphatic carbocycles. The first-order valence-electron chi connectivity index (χ1n) is 5.34. The van der Waals surface area contributed by atoms with E-state index in [0.717, 1.165) is 11.4 Å². The van der Waals surface area contributed by atoms with Crippen molar-refractivity contribution >= 4 is 11.6 Å². The molecule has 0 spiro atoms. The zero-order valence-corrected chi connectivity index (χ0v) is 10.3. The number of aryl methyl sites for hydroxylation is 1. The van der Waals surface area contributed by atoms with Crippen LogP contribution in [0.25, 0.3) is 0 Å². The molecule has 2 N–H and O–H groups in total. The van der Waals surface area contributed by atoms with Crippen molar-refractivity contribution < 1.29 is 4.79 Å². The van der Waals surface area contributed by atoms with E-state index in [9.17, 15) is 4.79 Å². The number of nitrogens with zero attached hydrogens (tertiary/aromatic N) is 1. The monoisotopic (exact) mass is 221 g/mol. The van der Waals surface area contributed by atoms with Crippen molar-refractivity contribution in [2.24, 2.45) is 5.41 Å². The van der Waals surface area contributed by atoms with Crippen LogP contribution in [0.4, 0.5) is 5.69 Å². The molecular weight excluding hydrogens is 202 g/mol. The fourth-order valence-corrected chi connectivity index (χ4v) is 1.40. The number of hydrogen-bond acceptors (Lipinski definition) is 3. The molecule has 0 saturated heterocycles. The van der Waals surface area contributed by atoms with Crippen LogP contribution in [-0.2, 0) is 4.79 Å². The second kappa shape index (κ2) is 4.96. The van der Waals surface area contributed by atoms with Crippen molar-refractivity contribution in [1.82, 2.24) is 10.3 Å². The van der Waals surface area contributed by atoms with Gasteiger partial charge < -0.3 is 10.6 Å². The second-order valence-electron chi connectivity index (χ2n) is 4.50. The molecule has 0 bridgehead atoms. The second-order valence-corrected chi connectivity index (χ2v) is 4.50. The van der Waals surface area contributed by atoms with Gasteiger partial charge in [-0.15, -0.1) is 0 Å². The highest BCUT2D eigenvalue weighted by atomic mass is 16.2. The molecule has 0 atom stereocenters. The predicted molar refractivity (Wildman–Crippen MR) is 65.3 cm³/mol. The lowest BCUT2D eigenvalue weighted by Crippen LogP contribution is -2.39. The average Bonchev–Trinajstić information content (AvgIpc) is 2.25. The van der Waals surface area contributed by atoms with Gasteiger partial charge in [-0.3, -0.25) is 9.78 Å². The number of pyridine rings is 1. The molecule has 16 heavy (non-hydrogen) atoms. The zero-order valence-electron chi connectivity index (χ0n) is 10.3. The molecule has 0 aliphatic heterocycles. The molecule has 1 aromatic rings. The molecule has 0 unspecified atom stereocenters. The summed E-state index contributed by atoms with van der Waals surface area (Å²) in [6.07, 6.45) is 1.75. The van der Waals surface area contributed by atoms with E-state index in [-0.39, 0.29) is 5.91 Å². The van der Waals surface area contributed by atoms with E-state index in [1.54, 1.807) is 13.2 Å². The summed E-state index contributed by atoms with van der Waals surface area (Å²) in [5.41, 5.74) is 1.53. The first-order valence-corrected chi connectivity index (χ1v) is 5.34. The van der Waals surface area contributed by atoms with Crippen LogP contribution >= 0.6 is 0 Å². The Bertz CT molecular complexity index is 374. The highest BCUT2D eigenvalue weighted by Gasteiger charge is 2.26. The topological polar surface area (TPSA) is 54.0 Å². The highest BCUT2D eigenvalue weighted by molar-refractivity contribution is 5.82. The van der Waals surface area contributed by atoms with Gasteiger partial charge >= 0.3 is 0 Å². The Balaban J connectivity index is 2.61. The Kier molecular flexibility index (Phi) is 3.88.